The first-order valence-corrected chi connectivity index (χ1v) is 10.0. The third-order valence-corrected chi connectivity index (χ3v) is 5.69. The zero-order valence-electron chi connectivity index (χ0n) is 16.3. The number of hydrogen-bond donors (Lipinski definition) is 0. The molecule has 0 fully saturated rings. The van der Waals surface area contributed by atoms with Gasteiger partial charge in [-0.15, -0.1) is 0 Å². The number of aryl methyl sites for hydroxylation is 1. The first-order valence-electron chi connectivity index (χ1n) is 9.65. The van der Waals surface area contributed by atoms with Crippen molar-refractivity contribution in [2.45, 2.75) is 13.0 Å². The molecule has 3 heterocycles. The van der Waals surface area contributed by atoms with Crippen LogP contribution in [0.15, 0.2) is 54.7 Å². The summed E-state index contributed by atoms with van der Waals surface area (Å²) in [5, 5.41) is 5.89. The van der Waals surface area contributed by atoms with E-state index in [0.29, 0.717) is 35.7 Å². The molecule has 1 aliphatic heterocycles. The predicted molar refractivity (Wildman–Crippen MR) is 114 cm³/mol. The lowest BCUT2D eigenvalue weighted by atomic mass is 9.99. The quantitative estimate of drug-likeness (QED) is 0.475. The molecule has 2 aromatic heterocycles. The molecule has 0 N–H and O–H groups in total. The van der Waals surface area contributed by atoms with Gasteiger partial charge in [-0.1, -0.05) is 17.7 Å². The van der Waals surface area contributed by atoms with E-state index in [1.807, 2.05) is 37.4 Å². The van der Waals surface area contributed by atoms with Crippen molar-refractivity contribution in [3.63, 3.8) is 0 Å². The lowest BCUT2D eigenvalue weighted by Gasteiger charge is -2.27. The molecular weight excluding hydrogens is 403 g/mol. The maximum atomic E-state index is 13.9. The highest BCUT2D eigenvalue weighted by molar-refractivity contribution is 6.30. The van der Waals surface area contributed by atoms with E-state index in [1.54, 1.807) is 21.8 Å². The van der Waals surface area contributed by atoms with Gasteiger partial charge in [-0.2, -0.15) is 5.10 Å². The molecule has 0 atom stereocenters. The van der Waals surface area contributed by atoms with E-state index in [1.165, 1.54) is 12.1 Å². The third-order valence-electron chi connectivity index (χ3n) is 5.47. The summed E-state index contributed by atoms with van der Waals surface area (Å²) < 4.78 is 15.6. The second-order valence-electron chi connectivity index (χ2n) is 7.44. The smallest absolute Gasteiger partial charge is 0.254 e. The standard InChI is InChI=1S/C23H18ClFN4O/c1-28-22(16-10-17(24)12-18(25)11-16)19-6-8-29(13-21(19)27-28)23(30)15-4-5-20-14(9-15)3-2-7-26-20/h2-5,7,9-12H,6,8,13H2,1H3. The number of benzene rings is 2. The molecule has 0 saturated heterocycles. The van der Waals surface area contributed by atoms with Gasteiger partial charge >= 0.3 is 0 Å². The number of nitrogens with zero attached hydrogens (tertiary/aromatic N) is 4. The Kier molecular flexibility index (Phi) is 4.51. The van der Waals surface area contributed by atoms with Crippen molar-refractivity contribution in [2.24, 2.45) is 7.05 Å². The van der Waals surface area contributed by atoms with Crippen LogP contribution in [0.3, 0.4) is 0 Å². The Hall–Kier alpha value is -3.25. The van der Waals surface area contributed by atoms with Crippen LogP contribution < -0.4 is 0 Å². The van der Waals surface area contributed by atoms with Gasteiger partial charge in [0.2, 0.25) is 0 Å². The molecule has 0 spiro atoms. The Labute approximate surface area is 177 Å². The van der Waals surface area contributed by atoms with Crippen molar-refractivity contribution in [3.05, 3.63) is 82.4 Å². The molecule has 150 valence electrons. The highest BCUT2D eigenvalue weighted by Crippen LogP contribution is 2.32. The number of amides is 1. The van der Waals surface area contributed by atoms with Gasteiger partial charge in [0.15, 0.2) is 0 Å². The van der Waals surface area contributed by atoms with E-state index < -0.39 is 0 Å². The topological polar surface area (TPSA) is 51.0 Å². The van der Waals surface area contributed by atoms with Crippen LogP contribution in [0.2, 0.25) is 5.02 Å². The molecule has 0 radical (unpaired) electrons. The molecule has 0 bridgehead atoms. The number of fused-ring (bicyclic) bond motifs is 2. The molecule has 0 aliphatic carbocycles. The Bertz CT molecular complexity index is 1280. The Morgan fingerprint density at radius 3 is 2.87 bits per heavy atom. The average molecular weight is 421 g/mol. The van der Waals surface area contributed by atoms with E-state index in [9.17, 15) is 9.18 Å². The minimum atomic E-state index is -0.383. The summed E-state index contributed by atoms with van der Waals surface area (Å²) in [6.07, 6.45) is 2.38. The maximum Gasteiger partial charge on any atom is 0.254 e. The molecule has 5 rings (SSSR count). The first kappa shape index (κ1) is 18.8. The zero-order valence-corrected chi connectivity index (χ0v) is 17.0. The van der Waals surface area contributed by atoms with Gasteiger partial charge in [0.1, 0.15) is 5.82 Å². The average Bonchev–Trinajstić information content (AvgIpc) is 3.07. The normalized spacial score (nSPS) is 13.5. The van der Waals surface area contributed by atoms with Gasteiger partial charge < -0.3 is 4.90 Å². The largest absolute Gasteiger partial charge is 0.332 e. The highest BCUT2D eigenvalue weighted by Gasteiger charge is 2.28. The van der Waals surface area contributed by atoms with Gasteiger partial charge in [-0.3, -0.25) is 14.5 Å². The number of hydrogen-bond acceptors (Lipinski definition) is 3. The lowest BCUT2D eigenvalue weighted by Crippen LogP contribution is -2.36. The molecular formula is C23H18ClFN4O. The van der Waals surface area contributed by atoms with Crippen LogP contribution in [0, 0.1) is 5.82 Å². The molecule has 1 aliphatic rings. The summed E-state index contributed by atoms with van der Waals surface area (Å²) in [4.78, 5) is 19.2. The molecule has 7 heteroatoms. The maximum absolute atomic E-state index is 13.9. The second-order valence-corrected chi connectivity index (χ2v) is 7.88. The van der Waals surface area contributed by atoms with Crippen molar-refractivity contribution in [1.82, 2.24) is 19.7 Å². The summed E-state index contributed by atoms with van der Waals surface area (Å²) in [5.41, 5.74) is 4.89. The number of aromatic nitrogens is 3. The second kappa shape index (κ2) is 7.22. The molecule has 2 aromatic carbocycles. The number of halogens is 2. The minimum Gasteiger partial charge on any atom is -0.332 e. The van der Waals surface area contributed by atoms with Crippen molar-refractivity contribution >= 4 is 28.4 Å². The van der Waals surface area contributed by atoms with Gasteiger partial charge in [-0.05, 0) is 48.9 Å². The van der Waals surface area contributed by atoms with Crippen molar-refractivity contribution in [3.8, 4) is 11.3 Å². The summed E-state index contributed by atoms with van der Waals surface area (Å²) >= 11 is 6.05. The first-order chi connectivity index (χ1) is 14.5. The van der Waals surface area contributed by atoms with Gasteiger partial charge in [0.05, 0.1) is 23.4 Å². The fourth-order valence-electron chi connectivity index (χ4n) is 4.14. The van der Waals surface area contributed by atoms with E-state index in [4.69, 9.17) is 11.6 Å². The Morgan fingerprint density at radius 1 is 1.17 bits per heavy atom. The van der Waals surface area contributed by atoms with Crippen molar-refractivity contribution < 1.29 is 9.18 Å². The van der Waals surface area contributed by atoms with E-state index >= 15 is 0 Å². The monoisotopic (exact) mass is 420 g/mol. The zero-order chi connectivity index (χ0) is 20.8. The van der Waals surface area contributed by atoms with Crippen molar-refractivity contribution in [2.75, 3.05) is 6.54 Å². The summed E-state index contributed by atoms with van der Waals surface area (Å²) in [6, 6.07) is 13.8. The third kappa shape index (κ3) is 3.23. The van der Waals surface area contributed by atoms with Crippen LogP contribution in [-0.4, -0.2) is 32.1 Å². The van der Waals surface area contributed by atoms with Gasteiger partial charge in [-0.25, -0.2) is 4.39 Å². The van der Waals surface area contributed by atoms with Gasteiger partial charge in [0, 0.05) is 46.9 Å². The van der Waals surface area contributed by atoms with Crippen LogP contribution in [0.1, 0.15) is 21.6 Å². The van der Waals surface area contributed by atoms with Crippen LogP contribution in [0.25, 0.3) is 22.2 Å². The summed E-state index contributed by atoms with van der Waals surface area (Å²) in [5.74, 6) is -0.418. The van der Waals surface area contributed by atoms with Crippen LogP contribution in [0.5, 0.6) is 0 Å². The van der Waals surface area contributed by atoms with Crippen molar-refractivity contribution in [1.29, 1.82) is 0 Å². The van der Waals surface area contributed by atoms with Crippen LogP contribution in [-0.2, 0) is 20.0 Å². The summed E-state index contributed by atoms with van der Waals surface area (Å²) in [7, 11) is 1.83. The molecule has 0 unspecified atom stereocenters. The lowest BCUT2D eigenvalue weighted by molar-refractivity contribution is 0.0732. The number of pyridine rings is 1. The SMILES string of the molecule is Cn1nc2c(c1-c1cc(F)cc(Cl)c1)CCN(C(=O)c1ccc3ncccc3c1)C2. The molecule has 1 amide bonds. The highest BCUT2D eigenvalue weighted by atomic mass is 35.5. The van der Waals surface area contributed by atoms with E-state index in [-0.39, 0.29) is 11.7 Å². The number of rotatable bonds is 2. The van der Waals surface area contributed by atoms with Gasteiger partial charge in [0.25, 0.3) is 5.91 Å². The Balaban J connectivity index is 1.46. The van der Waals surface area contributed by atoms with E-state index in [2.05, 4.69) is 10.1 Å². The van der Waals surface area contributed by atoms with Crippen LogP contribution >= 0.6 is 11.6 Å². The van der Waals surface area contributed by atoms with Crippen LogP contribution in [0.4, 0.5) is 4.39 Å². The summed E-state index contributed by atoms with van der Waals surface area (Å²) in [6.45, 7) is 0.981. The molecule has 0 saturated carbocycles. The molecule has 30 heavy (non-hydrogen) atoms. The predicted octanol–water partition coefficient (Wildman–Crippen LogP) is 4.63. The molecule has 4 aromatic rings. The molecule has 5 nitrogen and oxygen atoms in total. The minimum absolute atomic E-state index is 0.0348. The number of carbonyl (C=O) groups excluding carboxylic acids is 1. The fourth-order valence-corrected chi connectivity index (χ4v) is 4.36. The Morgan fingerprint density at radius 2 is 2.03 bits per heavy atom. The van der Waals surface area contributed by atoms with E-state index in [0.717, 1.165) is 27.9 Å². The fraction of sp³-hybridized carbons (Fsp3) is 0.174. The number of carbonyl (C=O) groups is 1.